The molecule has 0 aliphatic heterocycles. The fraction of sp³-hybridized carbons (Fsp3) is 0.143. The van der Waals surface area contributed by atoms with Crippen molar-refractivity contribution in [3.63, 3.8) is 0 Å². The number of nitrogens with one attached hydrogen (secondary N) is 1. The van der Waals surface area contributed by atoms with E-state index in [2.05, 4.69) is 27.3 Å². The van der Waals surface area contributed by atoms with Crippen LogP contribution >= 0.6 is 39.1 Å². The van der Waals surface area contributed by atoms with Gasteiger partial charge in [-0.15, -0.1) is 0 Å². The van der Waals surface area contributed by atoms with Crippen LogP contribution in [0, 0.1) is 6.92 Å². The average molecular weight is 451 g/mol. The lowest BCUT2D eigenvalue weighted by molar-refractivity contribution is 0.304. The Balaban J connectivity index is 1.60. The fourth-order valence-electron chi connectivity index (χ4n) is 2.47. The summed E-state index contributed by atoms with van der Waals surface area (Å²) in [6.07, 6.45) is 0. The molecule has 0 saturated carbocycles. The molecule has 0 spiro atoms. The smallest absolute Gasteiger partial charge is 0.134 e. The molecule has 0 amide bonds. The molecule has 0 heterocycles. The molecule has 0 atom stereocenters. The number of anilines is 1. The minimum Gasteiger partial charge on any atom is -0.488 e. The van der Waals surface area contributed by atoms with Crippen LogP contribution < -0.4 is 10.1 Å². The Labute approximate surface area is 172 Å². The number of ether oxygens (including phenoxy) is 1. The standard InChI is InChI=1S/C21H18BrCl2NO/c1-14-5-7-18(11-20(14)24)25-12-15-6-8-21(19(22)10-15)26-13-16-3-2-4-17(23)9-16/h2-11,25H,12-13H2,1H3. The highest BCUT2D eigenvalue weighted by molar-refractivity contribution is 9.10. The van der Waals surface area contributed by atoms with Crippen LogP contribution in [0.15, 0.2) is 65.1 Å². The van der Waals surface area contributed by atoms with Gasteiger partial charge in [-0.05, 0) is 75.9 Å². The maximum atomic E-state index is 6.16. The van der Waals surface area contributed by atoms with Gasteiger partial charge in [-0.1, -0.05) is 47.5 Å². The molecule has 5 heteroatoms. The Morgan fingerprint density at radius 3 is 2.54 bits per heavy atom. The van der Waals surface area contributed by atoms with Gasteiger partial charge in [0.05, 0.1) is 4.47 Å². The molecular formula is C21H18BrCl2NO. The topological polar surface area (TPSA) is 21.3 Å². The Morgan fingerprint density at radius 1 is 0.962 bits per heavy atom. The van der Waals surface area contributed by atoms with Gasteiger partial charge in [0.25, 0.3) is 0 Å². The summed E-state index contributed by atoms with van der Waals surface area (Å²) >= 11 is 15.7. The van der Waals surface area contributed by atoms with Crippen molar-refractivity contribution in [3.8, 4) is 5.75 Å². The third kappa shape index (κ3) is 5.16. The van der Waals surface area contributed by atoms with E-state index in [1.54, 1.807) is 0 Å². The molecule has 0 aliphatic rings. The molecule has 3 aromatic rings. The first-order chi connectivity index (χ1) is 12.5. The summed E-state index contributed by atoms with van der Waals surface area (Å²) in [4.78, 5) is 0. The molecule has 1 N–H and O–H groups in total. The third-order valence-corrected chi connectivity index (χ3v) is 5.21. The van der Waals surface area contributed by atoms with Gasteiger partial charge in [-0.2, -0.15) is 0 Å². The SMILES string of the molecule is Cc1ccc(NCc2ccc(OCc3cccc(Cl)c3)c(Br)c2)cc1Cl. The second-order valence-electron chi connectivity index (χ2n) is 6.00. The lowest BCUT2D eigenvalue weighted by atomic mass is 10.2. The van der Waals surface area contributed by atoms with Crippen molar-refractivity contribution in [1.82, 2.24) is 0 Å². The quantitative estimate of drug-likeness (QED) is 0.426. The van der Waals surface area contributed by atoms with Crippen LogP contribution in [0.4, 0.5) is 5.69 Å². The molecule has 0 bridgehead atoms. The van der Waals surface area contributed by atoms with E-state index in [1.807, 2.05) is 61.5 Å². The fourth-order valence-corrected chi connectivity index (χ4v) is 3.40. The van der Waals surface area contributed by atoms with Crippen LogP contribution in [-0.2, 0) is 13.2 Å². The van der Waals surface area contributed by atoms with Gasteiger partial charge in [0.15, 0.2) is 0 Å². The first kappa shape index (κ1) is 19.1. The highest BCUT2D eigenvalue weighted by Gasteiger charge is 2.05. The second kappa shape index (κ2) is 8.81. The maximum absolute atomic E-state index is 6.16. The zero-order valence-corrected chi connectivity index (χ0v) is 17.3. The van der Waals surface area contributed by atoms with Gasteiger partial charge in [0.1, 0.15) is 12.4 Å². The van der Waals surface area contributed by atoms with Crippen LogP contribution in [-0.4, -0.2) is 0 Å². The Bertz CT molecular complexity index is 914. The highest BCUT2D eigenvalue weighted by Crippen LogP contribution is 2.28. The molecule has 0 fully saturated rings. The Hall–Kier alpha value is -1.68. The monoisotopic (exact) mass is 449 g/mol. The summed E-state index contributed by atoms with van der Waals surface area (Å²) in [5.41, 5.74) is 4.24. The van der Waals surface area contributed by atoms with E-state index in [0.29, 0.717) is 18.2 Å². The van der Waals surface area contributed by atoms with E-state index in [0.717, 1.165) is 37.6 Å². The summed E-state index contributed by atoms with van der Waals surface area (Å²) in [6, 6.07) is 19.7. The summed E-state index contributed by atoms with van der Waals surface area (Å²) in [7, 11) is 0. The first-order valence-corrected chi connectivity index (χ1v) is 9.72. The van der Waals surface area contributed by atoms with Gasteiger partial charge < -0.3 is 10.1 Å². The van der Waals surface area contributed by atoms with Gasteiger partial charge in [-0.3, -0.25) is 0 Å². The highest BCUT2D eigenvalue weighted by atomic mass is 79.9. The van der Waals surface area contributed by atoms with E-state index in [4.69, 9.17) is 27.9 Å². The number of hydrogen-bond acceptors (Lipinski definition) is 2. The minimum absolute atomic E-state index is 0.471. The molecular weight excluding hydrogens is 433 g/mol. The molecule has 3 aromatic carbocycles. The largest absolute Gasteiger partial charge is 0.488 e. The van der Waals surface area contributed by atoms with E-state index < -0.39 is 0 Å². The van der Waals surface area contributed by atoms with Crippen molar-refractivity contribution in [2.75, 3.05) is 5.32 Å². The predicted octanol–water partition coefficient (Wildman–Crippen LogP) is 7.26. The third-order valence-electron chi connectivity index (χ3n) is 3.95. The number of rotatable bonds is 6. The van der Waals surface area contributed by atoms with Gasteiger partial charge >= 0.3 is 0 Å². The molecule has 26 heavy (non-hydrogen) atoms. The second-order valence-corrected chi connectivity index (χ2v) is 7.70. The van der Waals surface area contributed by atoms with Crippen LogP contribution in [0.5, 0.6) is 5.75 Å². The van der Waals surface area contributed by atoms with Crippen molar-refractivity contribution < 1.29 is 4.74 Å². The lowest BCUT2D eigenvalue weighted by Crippen LogP contribution is -2.01. The molecule has 0 saturated heterocycles. The summed E-state index contributed by atoms with van der Waals surface area (Å²) in [6.45, 7) is 3.16. The van der Waals surface area contributed by atoms with Crippen molar-refractivity contribution in [2.24, 2.45) is 0 Å². The lowest BCUT2D eigenvalue weighted by Gasteiger charge is -2.12. The normalized spacial score (nSPS) is 10.6. The summed E-state index contributed by atoms with van der Waals surface area (Å²) in [5.74, 6) is 0.798. The van der Waals surface area contributed by atoms with E-state index >= 15 is 0 Å². The Morgan fingerprint density at radius 2 is 1.81 bits per heavy atom. The summed E-state index contributed by atoms with van der Waals surface area (Å²) in [5, 5.41) is 4.85. The van der Waals surface area contributed by atoms with E-state index in [9.17, 15) is 0 Å². The number of hydrogen-bond donors (Lipinski definition) is 1. The van der Waals surface area contributed by atoms with Crippen LogP contribution in [0.2, 0.25) is 10.0 Å². The van der Waals surface area contributed by atoms with E-state index in [1.165, 1.54) is 0 Å². The van der Waals surface area contributed by atoms with E-state index in [-0.39, 0.29) is 0 Å². The average Bonchev–Trinajstić information content (AvgIpc) is 2.62. The first-order valence-electron chi connectivity index (χ1n) is 8.17. The van der Waals surface area contributed by atoms with Crippen molar-refractivity contribution in [3.05, 3.63) is 91.9 Å². The van der Waals surface area contributed by atoms with Crippen LogP contribution in [0.25, 0.3) is 0 Å². The number of halogens is 3. The van der Waals surface area contributed by atoms with Gasteiger partial charge in [0, 0.05) is 22.3 Å². The molecule has 3 rings (SSSR count). The molecule has 2 nitrogen and oxygen atoms in total. The maximum Gasteiger partial charge on any atom is 0.134 e. The minimum atomic E-state index is 0.471. The molecule has 0 unspecified atom stereocenters. The number of aryl methyl sites for hydroxylation is 1. The predicted molar refractivity (Wildman–Crippen MR) is 113 cm³/mol. The molecule has 134 valence electrons. The number of benzene rings is 3. The molecule has 0 radical (unpaired) electrons. The zero-order chi connectivity index (χ0) is 18.5. The van der Waals surface area contributed by atoms with Crippen LogP contribution in [0.1, 0.15) is 16.7 Å². The van der Waals surface area contributed by atoms with Gasteiger partial charge in [0.2, 0.25) is 0 Å². The summed E-state index contributed by atoms with van der Waals surface area (Å²) < 4.78 is 6.80. The van der Waals surface area contributed by atoms with Crippen LogP contribution in [0.3, 0.4) is 0 Å². The van der Waals surface area contributed by atoms with Gasteiger partial charge in [-0.25, -0.2) is 0 Å². The van der Waals surface area contributed by atoms with Crippen molar-refractivity contribution in [2.45, 2.75) is 20.1 Å². The molecule has 0 aliphatic carbocycles. The van der Waals surface area contributed by atoms with Crippen molar-refractivity contribution >= 4 is 44.8 Å². The zero-order valence-electron chi connectivity index (χ0n) is 14.2. The molecule has 0 aromatic heterocycles. The van der Waals surface area contributed by atoms with Crippen molar-refractivity contribution in [1.29, 1.82) is 0 Å². The Kier molecular flexibility index (Phi) is 6.47.